The van der Waals surface area contributed by atoms with Crippen LogP contribution in [-0.2, 0) is 11.2 Å². The second-order valence-corrected chi connectivity index (χ2v) is 7.17. The maximum atomic E-state index is 12.4. The average molecular weight is 377 g/mol. The van der Waals surface area contributed by atoms with Crippen LogP contribution in [0.4, 0.5) is 0 Å². The van der Waals surface area contributed by atoms with Crippen LogP contribution in [0, 0.1) is 0 Å². The third kappa shape index (κ3) is 4.75. The van der Waals surface area contributed by atoms with Crippen molar-refractivity contribution >= 4 is 29.1 Å². The van der Waals surface area contributed by atoms with Crippen molar-refractivity contribution in [3.05, 3.63) is 69.7 Å². The van der Waals surface area contributed by atoms with Crippen molar-refractivity contribution in [2.45, 2.75) is 25.3 Å². The molecule has 5 heteroatoms. The van der Waals surface area contributed by atoms with E-state index in [2.05, 4.69) is 22.3 Å². The fourth-order valence-corrected chi connectivity index (χ4v) is 3.85. The SMILES string of the molecule is O=C(Cc1c(Cl)cccc1Cl)NC[C@H](c1ccccc1)N1CCCC1. The van der Waals surface area contributed by atoms with Gasteiger partial charge in [0.25, 0.3) is 0 Å². The lowest BCUT2D eigenvalue weighted by atomic mass is 10.1. The Hall–Kier alpha value is -1.55. The number of carbonyl (C=O) groups is 1. The van der Waals surface area contributed by atoms with Crippen molar-refractivity contribution in [3.8, 4) is 0 Å². The van der Waals surface area contributed by atoms with Gasteiger partial charge in [0.15, 0.2) is 0 Å². The quantitative estimate of drug-likeness (QED) is 0.805. The topological polar surface area (TPSA) is 32.3 Å². The van der Waals surface area contributed by atoms with Crippen LogP contribution in [-0.4, -0.2) is 30.4 Å². The minimum Gasteiger partial charge on any atom is -0.354 e. The molecule has 25 heavy (non-hydrogen) atoms. The molecular weight excluding hydrogens is 355 g/mol. The number of likely N-dealkylation sites (tertiary alicyclic amines) is 1. The van der Waals surface area contributed by atoms with E-state index in [9.17, 15) is 4.79 Å². The predicted octanol–water partition coefficient (Wildman–Crippen LogP) is 4.49. The van der Waals surface area contributed by atoms with E-state index in [4.69, 9.17) is 23.2 Å². The highest BCUT2D eigenvalue weighted by molar-refractivity contribution is 6.36. The summed E-state index contributed by atoms with van der Waals surface area (Å²) < 4.78 is 0. The molecule has 1 N–H and O–H groups in total. The van der Waals surface area contributed by atoms with Crippen LogP contribution in [0.5, 0.6) is 0 Å². The predicted molar refractivity (Wildman–Crippen MR) is 103 cm³/mol. The zero-order valence-electron chi connectivity index (χ0n) is 14.1. The molecule has 1 heterocycles. The average Bonchev–Trinajstić information content (AvgIpc) is 3.14. The number of halogens is 2. The zero-order chi connectivity index (χ0) is 17.6. The summed E-state index contributed by atoms with van der Waals surface area (Å²) in [6, 6.07) is 15.9. The fourth-order valence-electron chi connectivity index (χ4n) is 3.32. The first kappa shape index (κ1) is 18.2. The van der Waals surface area contributed by atoms with Gasteiger partial charge in [-0.15, -0.1) is 0 Å². The normalized spacial score (nSPS) is 15.9. The van der Waals surface area contributed by atoms with Gasteiger partial charge in [0.05, 0.1) is 12.5 Å². The number of benzene rings is 2. The molecule has 0 unspecified atom stereocenters. The standard InChI is InChI=1S/C20H22Cl2N2O/c21-17-9-6-10-18(22)16(17)13-20(25)23-14-19(24-11-4-5-12-24)15-7-2-1-3-8-15/h1-3,6-10,19H,4-5,11-14H2,(H,23,25)/t19-/m1/s1. The lowest BCUT2D eigenvalue weighted by Crippen LogP contribution is -2.37. The van der Waals surface area contributed by atoms with E-state index in [0.29, 0.717) is 22.2 Å². The van der Waals surface area contributed by atoms with E-state index < -0.39 is 0 Å². The largest absolute Gasteiger partial charge is 0.354 e. The molecule has 0 bridgehead atoms. The van der Waals surface area contributed by atoms with Crippen LogP contribution >= 0.6 is 23.2 Å². The lowest BCUT2D eigenvalue weighted by molar-refractivity contribution is -0.120. The third-order valence-corrected chi connectivity index (χ3v) is 5.37. The summed E-state index contributed by atoms with van der Waals surface area (Å²) in [6.07, 6.45) is 2.62. The van der Waals surface area contributed by atoms with Gasteiger partial charge in [-0.1, -0.05) is 59.6 Å². The van der Waals surface area contributed by atoms with Crippen LogP contribution in [0.3, 0.4) is 0 Å². The second-order valence-electron chi connectivity index (χ2n) is 6.35. The summed E-state index contributed by atoms with van der Waals surface area (Å²) in [5.41, 5.74) is 1.92. The molecule has 3 nitrogen and oxygen atoms in total. The molecule has 1 saturated heterocycles. The minimum absolute atomic E-state index is 0.0601. The number of carbonyl (C=O) groups excluding carboxylic acids is 1. The summed E-state index contributed by atoms with van der Waals surface area (Å²) >= 11 is 12.3. The minimum atomic E-state index is -0.0601. The van der Waals surface area contributed by atoms with Gasteiger partial charge in [0.2, 0.25) is 5.91 Å². The van der Waals surface area contributed by atoms with Gasteiger partial charge in [-0.05, 0) is 49.2 Å². The number of hydrogen-bond acceptors (Lipinski definition) is 2. The van der Waals surface area contributed by atoms with E-state index >= 15 is 0 Å². The Morgan fingerprint density at radius 3 is 2.28 bits per heavy atom. The van der Waals surface area contributed by atoms with E-state index in [0.717, 1.165) is 13.1 Å². The van der Waals surface area contributed by atoms with Gasteiger partial charge in [0, 0.05) is 16.6 Å². The molecule has 132 valence electrons. The molecule has 1 atom stereocenters. The first-order chi connectivity index (χ1) is 12.1. The highest BCUT2D eigenvalue weighted by atomic mass is 35.5. The van der Waals surface area contributed by atoms with Gasteiger partial charge in [0.1, 0.15) is 0 Å². The van der Waals surface area contributed by atoms with E-state index in [1.54, 1.807) is 18.2 Å². The maximum Gasteiger partial charge on any atom is 0.224 e. The summed E-state index contributed by atoms with van der Waals surface area (Å²) in [4.78, 5) is 14.9. The van der Waals surface area contributed by atoms with Gasteiger partial charge in [-0.25, -0.2) is 0 Å². The molecule has 1 aliphatic rings. The Balaban J connectivity index is 1.65. The molecular formula is C20H22Cl2N2O. The van der Waals surface area contributed by atoms with E-state index in [-0.39, 0.29) is 18.4 Å². The fraction of sp³-hybridized carbons (Fsp3) is 0.350. The Bertz CT molecular complexity index is 695. The summed E-state index contributed by atoms with van der Waals surface area (Å²) in [7, 11) is 0. The van der Waals surface area contributed by atoms with Crippen LogP contribution in [0.25, 0.3) is 0 Å². The monoisotopic (exact) mass is 376 g/mol. The van der Waals surface area contributed by atoms with Crippen LogP contribution in [0.1, 0.15) is 30.0 Å². The molecule has 0 spiro atoms. The molecule has 2 aromatic carbocycles. The van der Waals surface area contributed by atoms with Gasteiger partial charge < -0.3 is 5.32 Å². The maximum absolute atomic E-state index is 12.4. The number of hydrogen-bond donors (Lipinski definition) is 1. The molecule has 3 rings (SSSR count). The van der Waals surface area contributed by atoms with Crippen molar-refractivity contribution < 1.29 is 4.79 Å². The van der Waals surface area contributed by atoms with Crippen molar-refractivity contribution in [2.75, 3.05) is 19.6 Å². The highest BCUT2D eigenvalue weighted by Crippen LogP contribution is 2.26. The molecule has 1 aliphatic heterocycles. The van der Waals surface area contributed by atoms with Crippen LogP contribution < -0.4 is 5.32 Å². The first-order valence-corrected chi connectivity index (χ1v) is 9.39. The van der Waals surface area contributed by atoms with Crippen molar-refractivity contribution in [3.63, 3.8) is 0 Å². The highest BCUT2D eigenvalue weighted by Gasteiger charge is 2.24. The van der Waals surface area contributed by atoms with Crippen LogP contribution in [0.2, 0.25) is 10.0 Å². The van der Waals surface area contributed by atoms with Crippen molar-refractivity contribution in [2.24, 2.45) is 0 Å². The van der Waals surface area contributed by atoms with E-state index in [1.165, 1.54) is 18.4 Å². The smallest absolute Gasteiger partial charge is 0.224 e. The Morgan fingerprint density at radius 1 is 1.00 bits per heavy atom. The Morgan fingerprint density at radius 2 is 1.64 bits per heavy atom. The van der Waals surface area contributed by atoms with Gasteiger partial charge in [-0.3, -0.25) is 9.69 Å². The zero-order valence-corrected chi connectivity index (χ0v) is 15.6. The van der Waals surface area contributed by atoms with Crippen molar-refractivity contribution in [1.82, 2.24) is 10.2 Å². The summed E-state index contributed by atoms with van der Waals surface area (Å²) in [5, 5.41) is 4.12. The molecule has 0 radical (unpaired) electrons. The van der Waals surface area contributed by atoms with Gasteiger partial charge in [-0.2, -0.15) is 0 Å². The molecule has 0 aromatic heterocycles. The first-order valence-electron chi connectivity index (χ1n) is 8.64. The molecule has 2 aromatic rings. The van der Waals surface area contributed by atoms with Crippen molar-refractivity contribution in [1.29, 1.82) is 0 Å². The molecule has 1 amide bonds. The Kier molecular flexibility index (Phi) is 6.35. The number of rotatable bonds is 6. The molecule has 0 saturated carbocycles. The Labute approximate surface area is 158 Å². The van der Waals surface area contributed by atoms with Gasteiger partial charge >= 0.3 is 0 Å². The summed E-state index contributed by atoms with van der Waals surface area (Å²) in [5.74, 6) is -0.0601. The number of nitrogens with zero attached hydrogens (tertiary/aromatic N) is 1. The molecule has 0 aliphatic carbocycles. The third-order valence-electron chi connectivity index (χ3n) is 4.66. The number of amides is 1. The van der Waals surface area contributed by atoms with Crippen LogP contribution in [0.15, 0.2) is 48.5 Å². The molecule has 1 fully saturated rings. The van der Waals surface area contributed by atoms with E-state index in [1.807, 2.05) is 18.2 Å². The lowest BCUT2D eigenvalue weighted by Gasteiger charge is -2.28. The second kappa shape index (κ2) is 8.70. The number of nitrogens with one attached hydrogen (secondary N) is 1. The summed E-state index contributed by atoms with van der Waals surface area (Å²) in [6.45, 7) is 2.74.